The van der Waals surface area contributed by atoms with Gasteiger partial charge >= 0.3 is 5.97 Å². The SMILES string of the molecule is COCCNC(=O)c1ccccc1NC(=S)NC(=O)c1ccc(C(=O)OC)cc1. The van der Waals surface area contributed by atoms with Crippen molar-refractivity contribution in [2.24, 2.45) is 0 Å². The fourth-order valence-corrected chi connectivity index (χ4v) is 2.56. The van der Waals surface area contributed by atoms with Crippen LogP contribution in [0, 0.1) is 0 Å². The molecule has 0 aliphatic heterocycles. The summed E-state index contributed by atoms with van der Waals surface area (Å²) < 4.78 is 9.53. The van der Waals surface area contributed by atoms with E-state index in [1.54, 1.807) is 31.4 Å². The van der Waals surface area contributed by atoms with Gasteiger partial charge in [0.2, 0.25) is 0 Å². The highest BCUT2D eigenvalue weighted by Gasteiger charge is 2.14. The summed E-state index contributed by atoms with van der Waals surface area (Å²) in [6, 6.07) is 12.7. The highest BCUT2D eigenvalue weighted by atomic mass is 32.1. The first-order valence-corrected chi connectivity index (χ1v) is 9.04. The molecule has 3 N–H and O–H groups in total. The van der Waals surface area contributed by atoms with Crippen LogP contribution in [0.15, 0.2) is 48.5 Å². The van der Waals surface area contributed by atoms with Crippen molar-refractivity contribution in [1.82, 2.24) is 10.6 Å². The largest absolute Gasteiger partial charge is 0.465 e. The number of rotatable bonds is 7. The average Bonchev–Trinajstić information content (AvgIpc) is 2.73. The summed E-state index contributed by atoms with van der Waals surface area (Å²) in [5.74, 6) is -1.24. The fraction of sp³-hybridized carbons (Fsp3) is 0.200. The monoisotopic (exact) mass is 415 g/mol. The number of para-hydroxylation sites is 1. The van der Waals surface area contributed by atoms with E-state index in [0.717, 1.165) is 0 Å². The van der Waals surface area contributed by atoms with Crippen molar-refractivity contribution in [3.63, 3.8) is 0 Å². The van der Waals surface area contributed by atoms with Crippen molar-refractivity contribution in [3.05, 3.63) is 65.2 Å². The first kappa shape index (κ1) is 22.0. The van der Waals surface area contributed by atoms with E-state index in [1.165, 1.54) is 31.4 Å². The second-order valence-electron chi connectivity index (χ2n) is 5.77. The first-order valence-electron chi connectivity index (χ1n) is 8.63. The van der Waals surface area contributed by atoms with E-state index < -0.39 is 11.9 Å². The minimum Gasteiger partial charge on any atom is -0.465 e. The molecule has 0 saturated heterocycles. The minimum absolute atomic E-state index is 0.0317. The van der Waals surface area contributed by atoms with Gasteiger partial charge in [-0.05, 0) is 48.6 Å². The number of esters is 1. The molecule has 0 saturated carbocycles. The molecule has 0 bridgehead atoms. The van der Waals surface area contributed by atoms with Crippen molar-refractivity contribution >= 4 is 40.8 Å². The van der Waals surface area contributed by atoms with Gasteiger partial charge in [0.15, 0.2) is 5.11 Å². The minimum atomic E-state index is -0.491. The van der Waals surface area contributed by atoms with E-state index in [0.29, 0.717) is 35.5 Å². The number of benzene rings is 2. The van der Waals surface area contributed by atoms with E-state index in [1.807, 2.05) is 0 Å². The maximum Gasteiger partial charge on any atom is 0.337 e. The molecule has 0 radical (unpaired) electrons. The van der Waals surface area contributed by atoms with Gasteiger partial charge in [-0.2, -0.15) is 0 Å². The van der Waals surface area contributed by atoms with Gasteiger partial charge in [-0.1, -0.05) is 12.1 Å². The highest BCUT2D eigenvalue weighted by Crippen LogP contribution is 2.15. The molecule has 2 rings (SSSR count). The molecule has 0 fully saturated rings. The zero-order valence-electron chi connectivity index (χ0n) is 16.0. The Bertz CT molecular complexity index is 899. The summed E-state index contributed by atoms with van der Waals surface area (Å²) in [5, 5.41) is 8.15. The van der Waals surface area contributed by atoms with Crippen LogP contribution in [0.2, 0.25) is 0 Å². The number of hydrogen-bond acceptors (Lipinski definition) is 6. The van der Waals surface area contributed by atoms with Crippen molar-refractivity contribution in [2.75, 3.05) is 32.7 Å². The highest BCUT2D eigenvalue weighted by molar-refractivity contribution is 7.80. The standard InChI is InChI=1S/C20H21N3O5S/c1-27-12-11-21-18(25)15-5-3-4-6-16(15)22-20(29)23-17(24)13-7-9-14(10-8-13)19(26)28-2/h3-10H,11-12H2,1-2H3,(H,21,25)(H2,22,23,24,29). The van der Waals surface area contributed by atoms with Crippen LogP contribution in [-0.2, 0) is 9.47 Å². The quantitative estimate of drug-likeness (QED) is 0.361. The maximum absolute atomic E-state index is 12.3. The van der Waals surface area contributed by atoms with Gasteiger partial charge in [-0.25, -0.2) is 4.79 Å². The average molecular weight is 415 g/mol. The molecule has 0 spiro atoms. The molecule has 2 aromatic rings. The summed E-state index contributed by atoms with van der Waals surface area (Å²) in [6.07, 6.45) is 0. The zero-order chi connectivity index (χ0) is 21.2. The summed E-state index contributed by atoms with van der Waals surface area (Å²) in [7, 11) is 2.83. The molecule has 2 amide bonds. The molecule has 2 aromatic carbocycles. The van der Waals surface area contributed by atoms with Crippen molar-refractivity contribution in [1.29, 1.82) is 0 Å². The Kier molecular flexibility index (Phi) is 8.26. The van der Waals surface area contributed by atoms with Crippen LogP contribution in [0.3, 0.4) is 0 Å². The smallest absolute Gasteiger partial charge is 0.337 e. The second-order valence-corrected chi connectivity index (χ2v) is 6.18. The molecule has 29 heavy (non-hydrogen) atoms. The molecule has 152 valence electrons. The lowest BCUT2D eigenvalue weighted by molar-refractivity contribution is 0.0600. The number of carbonyl (C=O) groups is 3. The number of anilines is 1. The molecule has 0 atom stereocenters. The van der Waals surface area contributed by atoms with Gasteiger partial charge in [-0.15, -0.1) is 0 Å². The summed E-state index contributed by atoms with van der Waals surface area (Å²) in [4.78, 5) is 36.1. The molecule has 0 heterocycles. The lowest BCUT2D eigenvalue weighted by atomic mass is 10.1. The lowest BCUT2D eigenvalue weighted by Gasteiger charge is -2.13. The third-order valence-corrected chi connectivity index (χ3v) is 4.01. The summed E-state index contributed by atoms with van der Waals surface area (Å²) in [5.41, 5.74) is 1.47. The van der Waals surface area contributed by atoms with E-state index in [9.17, 15) is 14.4 Å². The van der Waals surface area contributed by atoms with Crippen LogP contribution in [0.4, 0.5) is 5.69 Å². The predicted molar refractivity (Wildman–Crippen MR) is 112 cm³/mol. The van der Waals surface area contributed by atoms with E-state index >= 15 is 0 Å². The van der Waals surface area contributed by atoms with Gasteiger partial charge in [0.1, 0.15) is 0 Å². The molecule has 0 aliphatic carbocycles. The lowest BCUT2D eigenvalue weighted by Crippen LogP contribution is -2.35. The van der Waals surface area contributed by atoms with Crippen LogP contribution >= 0.6 is 12.2 Å². The Morgan fingerprint density at radius 1 is 0.931 bits per heavy atom. The molecular formula is C20H21N3O5S. The third kappa shape index (κ3) is 6.37. The van der Waals surface area contributed by atoms with Crippen LogP contribution in [0.1, 0.15) is 31.1 Å². The Labute approximate surface area is 173 Å². The Hall–Kier alpha value is -3.30. The molecule has 9 heteroatoms. The Morgan fingerprint density at radius 2 is 1.59 bits per heavy atom. The molecular weight excluding hydrogens is 394 g/mol. The first-order chi connectivity index (χ1) is 14.0. The van der Waals surface area contributed by atoms with Gasteiger partial charge in [-0.3, -0.25) is 14.9 Å². The predicted octanol–water partition coefficient (Wildman–Crippen LogP) is 1.98. The number of carbonyl (C=O) groups excluding carboxylic acids is 3. The summed E-state index contributed by atoms with van der Waals surface area (Å²) in [6.45, 7) is 0.761. The van der Waals surface area contributed by atoms with Gasteiger partial charge in [0, 0.05) is 19.2 Å². The van der Waals surface area contributed by atoms with Crippen LogP contribution in [0.5, 0.6) is 0 Å². The molecule has 0 aliphatic rings. The third-order valence-electron chi connectivity index (χ3n) is 3.81. The van der Waals surface area contributed by atoms with Crippen LogP contribution in [0.25, 0.3) is 0 Å². The topological polar surface area (TPSA) is 106 Å². The van der Waals surface area contributed by atoms with E-state index in [4.69, 9.17) is 17.0 Å². The van der Waals surface area contributed by atoms with Crippen molar-refractivity contribution < 1.29 is 23.9 Å². The number of thiocarbonyl (C=S) groups is 1. The van der Waals surface area contributed by atoms with E-state index in [2.05, 4.69) is 20.7 Å². The van der Waals surface area contributed by atoms with Gasteiger partial charge in [0.05, 0.1) is 30.5 Å². The zero-order valence-corrected chi connectivity index (χ0v) is 16.8. The number of nitrogens with one attached hydrogen (secondary N) is 3. The normalized spacial score (nSPS) is 10.0. The molecule has 0 unspecified atom stereocenters. The Morgan fingerprint density at radius 3 is 2.24 bits per heavy atom. The fourth-order valence-electron chi connectivity index (χ4n) is 2.36. The number of hydrogen-bond donors (Lipinski definition) is 3. The number of amides is 2. The van der Waals surface area contributed by atoms with Crippen LogP contribution in [-0.4, -0.2) is 50.3 Å². The van der Waals surface area contributed by atoms with Gasteiger partial charge in [0.25, 0.3) is 11.8 Å². The van der Waals surface area contributed by atoms with Gasteiger partial charge < -0.3 is 20.1 Å². The second kappa shape index (κ2) is 10.9. The molecule has 8 nitrogen and oxygen atoms in total. The maximum atomic E-state index is 12.3. The van der Waals surface area contributed by atoms with Crippen LogP contribution < -0.4 is 16.0 Å². The van der Waals surface area contributed by atoms with E-state index in [-0.39, 0.29) is 11.0 Å². The summed E-state index contributed by atoms with van der Waals surface area (Å²) >= 11 is 5.18. The number of ether oxygens (including phenoxy) is 2. The van der Waals surface area contributed by atoms with Crippen molar-refractivity contribution in [3.8, 4) is 0 Å². The number of methoxy groups -OCH3 is 2. The molecule has 0 aromatic heterocycles. The van der Waals surface area contributed by atoms with Crippen molar-refractivity contribution in [2.45, 2.75) is 0 Å². The Balaban J connectivity index is 2.01.